The number of nitrogens with one attached hydrogen (secondary N) is 1. The highest BCUT2D eigenvalue weighted by Crippen LogP contribution is 2.28. The molecule has 0 unspecified atom stereocenters. The molecule has 2 aromatic carbocycles. The molecule has 1 amide bonds. The summed E-state index contributed by atoms with van der Waals surface area (Å²) in [5, 5.41) is 6.88. The first kappa shape index (κ1) is 23.1. The Balaban J connectivity index is 1.47. The first-order valence-corrected chi connectivity index (χ1v) is 12.3. The maximum atomic E-state index is 13.1. The topological polar surface area (TPSA) is 105 Å². The van der Waals surface area contributed by atoms with E-state index < -0.39 is 16.1 Å². The van der Waals surface area contributed by atoms with Crippen LogP contribution in [-0.4, -0.2) is 41.4 Å². The molecule has 8 nitrogen and oxygen atoms in total. The second-order valence-corrected chi connectivity index (χ2v) is 11.2. The van der Waals surface area contributed by atoms with E-state index in [1.807, 2.05) is 27.7 Å². The van der Waals surface area contributed by atoms with Crippen molar-refractivity contribution in [3.63, 3.8) is 0 Å². The summed E-state index contributed by atoms with van der Waals surface area (Å²) in [7, 11) is -3.75. The zero-order chi connectivity index (χ0) is 23.8. The Morgan fingerprint density at radius 1 is 1.09 bits per heavy atom. The van der Waals surface area contributed by atoms with Crippen LogP contribution in [0.15, 0.2) is 57.9 Å². The molecule has 1 fully saturated rings. The Kier molecular flexibility index (Phi) is 6.11. The van der Waals surface area contributed by atoms with Gasteiger partial charge < -0.3 is 9.84 Å². The van der Waals surface area contributed by atoms with Crippen molar-refractivity contribution in [2.45, 2.75) is 56.9 Å². The van der Waals surface area contributed by atoms with Crippen LogP contribution in [-0.2, 0) is 20.2 Å². The summed E-state index contributed by atoms with van der Waals surface area (Å²) >= 11 is 0. The van der Waals surface area contributed by atoms with Crippen molar-refractivity contribution in [3.8, 4) is 11.4 Å². The van der Waals surface area contributed by atoms with Crippen molar-refractivity contribution >= 4 is 21.6 Å². The molecule has 1 atom stereocenters. The molecule has 1 N–H and O–H groups in total. The minimum Gasteiger partial charge on any atom is -0.338 e. The zero-order valence-electron chi connectivity index (χ0n) is 19.2. The lowest BCUT2D eigenvalue weighted by molar-refractivity contribution is -0.119. The summed E-state index contributed by atoms with van der Waals surface area (Å²) in [6.45, 7) is 8.20. The highest BCUT2D eigenvalue weighted by Gasteiger charge is 2.39. The van der Waals surface area contributed by atoms with Crippen molar-refractivity contribution in [1.82, 2.24) is 14.4 Å². The number of hydrogen-bond acceptors (Lipinski definition) is 6. The third-order valence-corrected chi connectivity index (χ3v) is 7.53. The number of nitrogens with zero attached hydrogens (tertiary/aromatic N) is 3. The van der Waals surface area contributed by atoms with Crippen LogP contribution < -0.4 is 5.32 Å². The number of anilines is 1. The molecular formula is C24H28N4O4S. The zero-order valence-corrected chi connectivity index (χ0v) is 20.0. The SMILES string of the molecule is Cc1ccc(S(=O)(=O)N2CCC[C@H]2C(=O)Nc2ccc(-c3noc(C(C)(C)C)n3)cc2)cc1. The molecule has 9 heteroatoms. The van der Waals surface area contributed by atoms with Gasteiger partial charge >= 0.3 is 0 Å². The second-order valence-electron chi connectivity index (χ2n) is 9.33. The first-order chi connectivity index (χ1) is 15.6. The minimum absolute atomic E-state index is 0.201. The normalized spacial score (nSPS) is 17.3. The number of hydrogen-bond donors (Lipinski definition) is 1. The monoisotopic (exact) mass is 468 g/mol. The fourth-order valence-corrected chi connectivity index (χ4v) is 5.37. The Morgan fingerprint density at radius 2 is 1.76 bits per heavy atom. The molecular weight excluding hydrogens is 440 g/mol. The molecule has 0 aliphatic carbocycles. The van der Waals surface area contributed by atoms with E-state index in [2.05, 4.69) is 15.5 Å². The second kappa shape index (κ2) is 8.72. The number of aromatic nitrogens is 2. The lowest BCUT2D eigenvalue weighted by atomic mass is 9.97. The van der Waals surface area contributed by atoms with Gasteiger partial charge in [-0.25, -0.2) is 8.42 Å². The van der Waals surface area contributed by atoms with E-state index in [9.17, 15) is 13.2 Å². The molecule has 4 rings (SSSR count). The minimum atomic E-state index is -3.75. The van der Waals surface area contributed by atoms with Crippen LogP contribution in [0.2, 0.25) is 0 Å². The molecule has 33 heavy (non-hydrogen) atoms. The molecule has 0 radical (unpaired) electrons. The molecule has 1 aliphatic heterocycles. The van der Waals surface area contributed by atoms with E-state index in [-0.39, 0.29) is 16.2 Å². The summed E-state index contributed by atoms with van der Waals surface area (Å²) in [6, 6.07) is 13.0. The maximum Gasteiger partial charge on any atom is 0.243 e. The van der Waals surface area contributed by atoms with Gasteiger partial charge in [0.2, 0.25) is 27.6 Å². The van der Waals surface area contributed by atoms with E-state index in [0.29, 0.717) is 36.8 Å². The third kappa shape index (κ3) is 4.84. The van der Waals surface area contributed by atoms with Gasteiger partial charge in [0.25, 0.3) is 0 Å². The number of carbonyl (C=O) groups is 1. The van der Waals surface area contributed by atoms with Crippen molar-refractivity contribution < 1.29 is 17.7 Å². The van der Waals surface area contributed by atoms with Crippen molar-refractivity contribution in [2.24, 2.45) is 0 Å². The molecule has 2 heterocycles. The maximum absolute atomic E-state index is 13.1. The third-order valence-electron chi connectivity index (χ3n) is 5.61. The van der Waals surface area contributed by atoms with Crippen LogP contribution in [0, 0.1) is 6.92 Å². The quantitative estimate of drug-likeness (QED) is 0.603. The standard InChI is InChI=1S/C24H28N4O4S/c1-16-7-13-19(14-8-16)33(30,31)28-15-5-6-20(28)22(29)25-18-11-9-17(10-12-18)21-26-23(32-27-21)24(2,3)4/h7-14,20H,5-6,15H2,1-4H3,(H,25,29)/t20-/m0/s1. The Labute approximate surface area is 194 Å². The largest absolute Gasteiger partial charge is 0.338 e. The van der Waals surface area contributed by atoms with E-state index in [4.69, 9.17) is 4.52 Å². The van der Waals surface area contributed by atoms with E-state index in [1.165, 1.54) is 4.31 Å². The van der Waals surface area contributed by atoms with E-state index in [1.54, 1.807) is 48.5 Å². The Morgan fingerprint density at radius 3 is 2.36 bits per heavy atom. The van der Waals surface area contributed by atoms with Crippen LogP contribution in [0.25, 0.3) is 11.4 Å². The van der Waals surface area contributed by atoms with Crippen LogP contribution in [0.1, 0.15) is 45.1 Å². The number of benzene rings is 2. The summed E-state index contributed by atoms with van der Waals surface area (Å²) < 4.78 is 32.9. The number of carbonyl (C=O) groups excluding carboxylic acids is 1. The van der Waals surface area contributed by atoms with Gasteiger partial charge in [0.15, 0.2) is 0 Å². The molecule has 1 aliphatic rings. The molecule has 3 aromatic rings. The summed E-state index contributed by atoms with van der Waals surface area (Å²) in [5.41, 5.74) is 2.06. The number of aryl methyl sites for hydroxylation is 1. The number of rotatable bonds is 5. The lowest BCUT2D eigenvalue weighted by Gasteiger charge is -2.23. The first-order valence-electron chi connectivity index (χ1n) is 10.9. The van der Waals surface area contributed by atoms with Gasteiger partial charge in [-0.2, -0.15) is 9.29 Å². The number of amides is 1. The molecule has 0 spiro atoms. The van der Waals surface area contributed by atoms with Gasteiger partial charge in [-0.3, -0.25) is 4.79 Å². The fourth-order valence-electron chi connectivity index (χ4n) is 3.71. The van der Waals surface area contributed by atoms with Gasteiger partial charge in [-0.1, -0.05) is 43.6 Å². The molecule has 0 bridgehead atoms. The van der Waals surface area contributed by atoms with Crippen LogP contribution in [0.3, 0.4) is 0 Å². The molecule has 1 saturated heterocycles. The highest BCUT2D eigenvalue weighted by atomic mass is 32.2. The van der Waals surface area contributed by atoms with Crippen LogP contribution in [0.4, 0.5) is 5.69 Å². The van der Waals surface area contributed by atoms with Crippen molar-refractivity contribution in [1.29, 1.82) is 0 Å². The lowest BCUT2D eigenvalue weighted by Crippen LogP contribution is -2.43. The van der Waals surface area contributed by atoms with Gasteiger partial charge in [0.05, 0.1) is 4.90 Å². The predicted octanol–water partition coefficient (Wildman–Crippen LogP) is 4.13. The van der Waals surface area contributed by atoms with Gasteiger partial charge in [0.1, 0.15) is 6.04 Å². The summed E-state index contributed by atoms with van der Waals surface area (Å²) in [5.74, 6) is 0.681. The van der Waals surface area contributed by atoms with E-state index in [0.717, 1.165) is 11.1 Å². The predicted molar refractivity (Wildman–Crippen MR) is 125 cm³/mol. The van der Waals surface area contributed by atoms with Gasteiger partial charge in [-0.15, -0.1) is 0 Å². The van der Waals surface area contributed by atoms with Gasteiger partial charge in [0, 0.05) is 23.2 Å². The van der Waals surface area contributed by atoms with E-state index >= 15 is 0 Å². The Bertz CT molecular complexity index is 1240. The number of sulfonamides is 1. The smallest absolute Gasteiger partial charge is 0.243 e. The van der Waals surface area contributed by atoms with Crippen LogP contribution in [0.5, 0.6) is 0 Å². The summed E-state index contributed by atoms with van der Waals surface area (Å²) in [6.07, 6.45) is 1.11. The van der Waals surface area contributed by atoms with Gasteiger partial charge in [-0.05, 0) is 56.2 Å². The van der Waals surface area contributed by atoms with Crippen molar-refractivity contribution in [3.05, 3.63) is 60.0 Å². The summed E-state index contributed by atoms with van der Waals surface area (Å²) in [4.78, 5) is 17.6. The molecule has 1 aromatic heterocycles. The fraction of sp³-hybridized carbons (Fsp3) is 0.375. The average Bonchev–Trinajstić information content (AvgIpc) is 3.45. The Hall–Kier alpha value is -3.04. The highest BCUT2D eigenvalue weighted by molar-refractivity contribution is 7.89. The van der Waals surface area contributed by atoms with Crippen molar-refractivity contribution in [2.75, 3.05) is 11.9 Å². The average molecular weight is 469 g/mol. The van der Waals surface area contributed by atoms with Crippen LogP contribution >= 0.6 is 0 Å². The molecule has 174 valence electrons. The molecule has 0 saturated carbocycles.